The summed E-state index contributed by atoms with van der Waals surface area (Å²) in [5.74, 6) is -0.188. The lowest BCUT2D eigenvalue weighted by molar-refractivity contribution is 0.0955. The second-order valence-electron chi connectivity index (χ2n) is 3.27. The average molecular weight is 233 g/mol. The number of amides is 1. The molecule has 0 aromatic carbocycles. The highest BCUT2D eigenvalue weighted by molar-refractivity contribution is 7.10. The Morgan fingerprint density at radius 1 is 1.62 bits per heavy atom. The number of nitrogens with zero attached hydrogens (tertiary/aromatic N) is 1. The average Bonchev–Trinajstić information content (AvgIpc) is 2.89. The smallest absolute Gasteiger partial charge is 0.272 e. The molecule has 2 aromatic rings. The summed E-state index contributed by atoms with van der Waals surface area (Å²) in [5.41, 5.74) is 3.96. The van der Waals surface area contributed by atoms with Gasteiger partial charge in [0.15, 0.2) is 0 Å². The van der Waals surface area contributed by atoms with Gasteiger partial charge in [-0.3, -0.25) is 4.79 Å². The fraction of sp³-hybridized carbons (Fsp3) is 0.0909. The molecule has 16 heavy (non-hydrogen) atoms. The van der Waals surface area contributed by atoms with Crippen molar-refractivity contribution in [1.29, 1.82) is 0 Å². The Bertz CT molecular complexity index is 499. The summed E-state index contributed by atoms with van der Waals surface area (Å²) < 4.78 is 0. The summed E-state index contributed by atoms with van der Waals surface area (Å²) in [6, 6.07) is 5.57. The Labute approximate surface area is 97.0 Å². The molecule has 0 radical (unpaired) electrons. The van der Waals surface area contributed by atoms with Crippen molar-refractivity contribution in [2.45, 2.75) is 6.92 Å². The van der Waals surface area contributed by atoms with Gasteiger partial charge in [0.05, 0.1) is 17.5 Å². The highest BCUT2D eigenvalue weighted by atomic mass is 32.1. The molecule has 0 aliphatic carbocycles. The maximum atomic E-state index is 11.6. The molecule has 5 heteroatoms. The van der Waals surface area contributed by atoms with Crippen molar-refractivity contribution in [2.75, 3.05) is 0 Å². The van der Waals surface area contributed by atoms with Crippen LogP contribution in [0.5, 0.6) is 0 Å². The van der Waals surface area contributed by atoms with E-state index in [4.69, 9.17) is 0 Å². The maximum Gasteiger partial charge on any atom is 0.272 e. The number of aromatic nitrogens is 1. The molecule has 2 N–H and O–H groups in total. The number of H-pyrrole nitrogens is 1. The predicted molar refractivity (Wildman–Crippen MR) is 64.9 cm³/mol. The van der Waals surface area contributed by atoms with Gasteiger partial charge in [0.25, 0.3) is 5.91 Å². The number of carbonyl (C=O) groups excluding carboxylic acids is 1. The number of thiophene rings is 1. The largest absolute Gasteiger partial charge is 0.360 e. The molecule has 82 valence electrons. The van der Waals surface area contributed by atoms with Gasteiger partial charge in [-0.05, 0) is 25.1 Å². The van der Waals surface area contributed by atoms with E-state index in [0.717, 1.165) is 10.6 Å². The molecule has 1 amide bonds. The first kappa shape index (κ1) is 10.6. The van der Waals surface area contributed by atoms with E-state index in [1.54, 1.807) is 23.7 Å². The minimum Gasteiger partial charge on any atom is -0.360 e. The number of nitrogens with one attached hydrogen (secondary N) is 2. The minimum atomic E-state index is -0.188. The van der Waals surface area contributed by atoms with Crippen molar-refractivity contribution in [3.63, 3.8) is 0 Å². The van der Waals surface area contributed by atoms with Crippen LogP contribution in [0.25, 0.3) is 0 Å². The van der Waals surface area contributed by atoms with E-state index in [1.165, 1.54) is 0 Å². The van der Waals surface area contributed by atoms with Gasteiger partial charge in [0.1, 0.15) is 0 Å². The van der Waals surface area contributed by atoms with Crippen LogP contribution in [0.15, 0.2) is 34.9 Å². The second kappa shape index (κ2) is 4.76. The molecule has 0 unspecified atom stereocenters. The first-order chi connectivity index (χ1) is 7.75. The number of hydrazone groups is 1. The lowest BCUT2D eigenvalue weighted by Gasteiger charge is -1.94. The maximum absolute atomic E-state index is 11.6. The Kier molecular flexibility index (Phi) is 3.16. The zero-order valence-electron chi connectivity index (χ0n) is 8.73. The first-order valence-corrected chi connectivity index (χ1v) is 5.65. The minimum absolute atomic E-state index is 0.188. The van der Waals surface area contributed by atoms with E-state index in [-0.39, 0.29) is 5.91 Å². The van der Waals surface area contributed by atoms with Crippen molar-refractivity contribution in [1.82, 2.24) is 10.4 Å². The third-order valence-corrected chi connectivity index (χ3v) is 2.85. The van der Waals surface area contributed by atoms with Crippen molar-refractivity contribution in [3.8, 4) is 0 Å². The second-order valence-corrected chi connectivity index (χ2v) is 4.39. The van der Waals surface area contributed by atoms with E-state index in [9.17, 15) is 4.79 Å². The van der Waals surface area contributed by atoms with Gasteiger partial charge < -0.3 is 4.98 Å². The van der Waals surface area contributed by atoms with E-state index in [1.807, 2.05) is 30.5 Å². The fourth-order valence-corrected chi connectivity index (χ4v) is 1.89. The number of aryl methyl sites for hydroxylation is 1. The topological polar surface area (TPSA) is 57.2 Å². The summed E-state index contributed by atoms with van der Waals surface area (Å²) in [6.07, 6.45) is 3.36. The molecule has 0 fully saturated rings. The molecular formula is C11H11N3OS. The van der Waals surface area contributed by atoms with E-state index < -0.39 is 0 Å². The fourth-order valence-electron chi connectivity index (χ4n) is 1.21. The molecule has 2 aromatic heterocycles. The number of hydrogen-bond acceptors (Lipinski definition) is 3. The Morgan fingerprint density at radius 3 is 3.12 bits per heavy atom. The van der Waals surface area contributed by atoms with Crippen LogP contribution in [-0.2, 0) is 0 Å². The van der Waals surface area contributed by atoms with Crippen LogP contribution >= 0.6 is 11.3 Å². The predicted octanol–water partition coefficient (Wildman–Crippen LogP) is 2.15. The van der Waals surface area contributed by atoms with E-state index in [2.05, 4.69) is 15.5 Å². The molecule has 0 aliphatic heterocycles. The number of aromatic amines is 1. The van der Waals surface area contributed by atoms with Gasteiger partial charge in [-0.1, -0.05) is 0 Å². The molecule has 2 rings (SSSR count). The quantitative estimate of drug-likeness (QED) is 0.619. The third-order valence-electron chi connectivity index (χ3n) is 1.98. The summed E-state index contributed by atoms with van der Waals surface area (Å²) in [6.45, 7) is 1.96. The lowest BCUT2D eigenvalue weighted by atomic mass is 10.3. The van der Waals surface area contributed by atoms with Gasteiger partial charge in [0.2, 0.25) is 0 Å². The van der Waals surface area contributed by atoms with E-state index >= 15 is 0 Å². The van der Waals surface area contributed by atoms with Crippen molar-refractivity contribution in [3.05, 3.63) is 45.9 Å². The van der Waals surface area contributed by atoms with Crippen molar-refractivity contribution in [2.24, 2.45) is 5.10 Å². The van der Waals surface area contributed by atoms with Crippen LogP contribution in [0.4, 0.5) is 0 Å². The normalized spacial score (nSPS) is 10.8. The summed E-state index contributed by atoms with van der Waals surface area (Å²) in [7, 11) is 0. The molecule has 0 saturated carbocycles. The molecular weight excluding hydrogens is 222 g/mol. The van der Waals surface area contributed by atoms with Gasteiger partial charge in [-0.25, -0.2) is 5.43 Å². The zero-order valence-corrected chi connectivity index (χ0v) is 9.54. The molecule has 0 bridgehead atoms. The third kappa shape index (κ3) is 2.58. The summed E-state index contributed by atoms with van der Waals surface area (Å²) in [5, 5.41) is 5.66. The van der Waals surface area contributed by atoms with Gasteiger partial charge in [-0.15, -0.1) is 11.3 Å². The van der Waals surface area contributed by atoms with Gasteiger partial charge >= 0.3 is 0 Å². The van der Waals surface area contributed by atoms with Crippen molar-refractivity contribution >= 4 is 23.5 Å². The monoisotopic (exact) mass is 233 g/mol. The molecule has 0 aliphatic rings. The summed E-state index contributed by atoms with van der Waals surface area (Å²) in [4.78, 5) is 15.6. The molecule has 0 atom stereocenters. The highest BCUT2D eigenvalue weighted by Crippen LogP contribution is 2.12. The van der Waals surface area contributed by atoms with Gasteiger partial charge in [-0.2, -0.15) is 5.10 Å². The first-order valence-electron chi connectivity index (χ1n) is 4.77. The Hall–Kier alpha value is -1.88. The number of hydrogen-bond donors (Lipinski definition) is 2. The molecule has 0 saturated heterocycles. The number of rotatable bonds is 3. The summed E-state index contributed by atoms with van der Waals surface area (Å²) >= 11 is 1.55. The van der Waals surface area contributed by atoms with Crippen LogP contribution in [-0.4, -0.2) is 17.1 Å². The van der Waals surface area contributed by atoms with Crippen molar-refractivity contribution < 1.29 is 4.79 Å². The Morgan fingerprint density at radius 2 is 2.50 bits per heavy atom. The van der Waals surface area contributed by atoms with Crippen LogP contribution in [0.3, 0.4) is 0 Å². The zero-order chi connectivity index (χ0) is 11.4. The molecule has 2 heterocycles. The van der Waals surface area contributed by atoms with Crippen LogP contribution < -0.4 is 5.43 Å². The lowest BCUT2D eigenvalue weighted by Crippen LogP contribution is -2.16. The van der Waals surface area contributed by atoms with Crippen LogP contribution in [0.1, 0.15) is 20.9 Å². The SMILES string of the molecule is Cc1cc(C(=O)N/N=C/c2ccc[nH]2)cs1. The standard InChI is InChI=1S/C11H11N3OS/c1-8-5-9(7-16-8)11(15)14-13-6-10-3-2-4-12-10/h2-7,12H,1H3,(H,14,15)/b13-6+. The molecule has 0 spiro atoms. The van der Waals surface area contributed by atoms with E-state index in [0.29, 0.717) is 5.56 Å². The van der Waals surface area contributed by atoms with Crippen LogP contribution in [0.2, 0.25) is 0 Å². The molecule has 4 nitrogen and oxygen atoms in total. The Balaban J connectivity index is 1.94. The van der Waals surface area contributed by atoms with Gasteiger partial charge in [0, 0.05) is 16.5 Å². The number of carbonyl (C=O) groups is 1. The highest BCUT2D eigenvalue weighted by Gasteiger charge is 2.05. The van der Waals surface area contributed by atoms with Crippen LogP contribution in [0, 0.1) is 6.92 Å².